The lowest BCUT2D eigenvalue weighted by Crippen LogP contribution is -2.37. The minimum atomic E-state index is -0.227. The van der Waals surface area contributed by atoms with E-state index in [2.05, 4.69) is 15.0 Å². The molecule has 0 radical (unpaired) electrons. The number of aryl methyl sites for hydroxylation is 1. The standard InChI is InChI=1S/C18H19ClN4O2S/c1-2-14-20-18-23(21-14)17(25)16(26-18)15(12-5-3-4-6-13(12)19)22-9-7-11(24)8-10-22/h3-6,15,25H,2,7-10H2,1H3. The van der Waals surface area contributed by atoms with Crippen LogP contribution < -0.4 is 0 Å². The fraction of sp³-hybridized carbons (Fsp3) is 0.389. The van der Waals surface area contributed by atoms with E-state index in [1.807, 2.05) is 31.2 Å². The molecule has 1 aromatic carbocycles. The number of fused-ring (bicyclic) bond motifs is 1. The number of rotatable bonds is 4. The van der Waals surface area contributed by atoms with Gasteiger partial charge >= 0.3 is 0 Å². The largest absolute Gasteiger partial charge is 0.492 e. The number of aromatic hydroxyl groups is 1. The molecule has 0 saturated carbocycles. The van der Waals surface area contributed by atoms with Crippen molar-refractivity contribution < 1.29 is 9.90 Å². The van der Waals surface area contributed by atoms with E-state index in [1.54, 1.807) is 0 Å². The molecule has 1 N–H and O–H groups in total. The van der Waals surface area contributed by atoms with E-state index in [-0.39, 0.29) is 17.7 Å². The van der Waals surface area contributed by atoms with Crippen LogP contribution in [0, 0.1) is 0 Å². The third kappa shape index (κ3) is 3.00. The van der Waals surface area contributed by atoms with Crippen molar-refractivity contribution in [1.29, 1.82) is 0 Å². The number of thiazole rings is 1. The van der Waals surface area contributed by atoms with Gasteiger partial charge in [0.15, 0.2) is 5.82 Å². The monoisotopic (exact) mass is 390 g/mol. The predicted molar refractivity (Wildman–Crippen MR) is 101 cm³/mol. The molecule has 6 nitrogen and oxygen atoms in total. The summed E-state index contributed by atoms with van der Waals surface area (Å²) in [6.45, 7) is 3.26. The number of nitrogens with zero attached hydrogens (tertiary/aromatic N) is 4. The molecule has 1 unspecified atom stereocenters. The Morgan fingerprint density at radius 1 is 1.31 bits per heavy atom. The second-order valence-corrected chi connectivity index (χ2v) is 7.78. The highest BCUT2D eigenvalue weighted by atomic mass is 35.5. The summed E-state index contributed by atoms with van der Waals surface area (Å²) in [7, 11) is 0. The summed E-state index contributed by atoms with van der Waals surface area (Å²) in [5, 5.41) is 15.8. The van der Waals surface area contributed by atoms with Crippen molar-refractivity contribution in [2.45, 2.75) is 32.2 Å². The highest BCUT2D eigenvalue weighted by Gasteiger charge is 2.32. The Kier molecular flexibility index (Phi) is 4.69. The number of hydrogen-bond donors (Lipinski definition) is 1. The van der Waals surface area contributed by atoms with E-state index in [0.29, 0.717) is 48.2 Å². The zero-order valence-electron chi connectivity index (χ0n) is 14.4. The minimum absolute atomic E-state index is 0.0963. The third-order valence-electron chi connectivity index (χ3n) is 4.73. The van der Waals surface area contributed by atoms with Crippen molar-refractivity contribution in [1.82, 2.24) is 19.5 Å². The van der Waals surface area contributed by atoms with Crippen LogP contribution in [0.1, 0.15) is 42.1 Å². The summed E-state index contributed by atoms with van der Waals surface area (Å²) in [6.07, 6.45) is 1.75. The van der Waals surface area contributed by atoms with Crippen molar-refractivity contribution in [2.24, 2.45) is 0 Å². The second kappa shape index (κ2) is 6.98. The second-order valence-electron chi connectivity index (χ2n) is 6.36. The number of Topliss-reactive ketones (excluding diaryl/α,β-unsaturated/α-hetero) is 1. The normalized spacial score (nSPS) is 17.1. The molecule has 3 aromatic rings. The summed E-state index contributed by atoms with van der Waals surface area (Å²) in [6, 6.07) is 7.42. The number of halogens is 1. The molecule has 26 heavy (non-hydrogen) atoms. The van der Waals surface area contributed by atoms with Gasteiger partial charge in [0.2, 0.25) is 10.8 Å². The molecular weight excluding hydrogens is 372 g/mol. The molecule has 136 valence electrons. The van der Waals surface area contributed by atoms with Gasteiger partial charge in [-0.25, -0.2) is 4.98 Å². The number of ketones is 1. The zero-order valence-corrected chi connectivity index (χ0v) is 15.9. The predicted octanol–water partition coefficient (Wildman–Crippen LogP) is 3.47. The van der Waals surface area contributed by atoms with Gasteiger partial charge in [0.05, 0.1) is 10.9 Å². The van der Waals surface area contributed by atoms with Crippen molar-refractivity contribution in [3.05, 3.63) is 45.6 Å². The maximum Gasteiger partial charge on any atom is 0.230 e. The number of hydrogen-bond acceptors (Lipinski definition) is 6. The summed E-state index contributed by atoms with van der Waals surface area (Å²) in [4.78, 5) is 19.8. The molecule has 1 fully saturated rings. The molecule has 8 heteroatoms. The average molecular weight is 391 g/mol. The van der Waals surface area contributed by atoms with Gasteiger partial charge in [0, 0.05) is 37.4 Å². The van der Waals surface area contributed by atoms with E-state index >= 15 is 0 Å². The Labute approximate surface area is 160 Å². The van der Waals surface area contributed by atoms with Gasteiger partial charge in [-0.05, 0) is 11.6 Å². The highest BCUT2D eigenvalue weighted by Crippen LogP contribution is 2.42. The number of likely N-dealkylation sites (tertiary alicyclic amines) is 1. The summed E-state index contributed by atoms with van der Waals surface area (Å²) < 4.78 is 1.50. The van der Waals surface area contributed by atoms with E-state index in [0.717, 1.165) is 10.4 Å². The van der Waals surface area contributed by atoms with Gasteiger partial charge < -0.3 is 5.11 Å². The average Bonchev–Trinajstić information content (AvgIpc) is 3.18. The maximum atomic E-state index is 11.7. The molecule has 1 aliphatic heterocycles. The summed E-state index contributed by atoms with van der Waals surface area (Å²) in [5.41, 5.74) is 0.916. The fourth-order valence-electron chi connectivity index (χ4n) is 3.35. The van der Waals surface area contributed by atoms with Crippen LogP contribution in [-0.2, 0) is 11.2 Å². The molecule has 0 bridgehead atoms. The number of carbonyl (C=O) groups excluding carboxylic acids is 1. The van der Waals surface area contributed by atoms with Crippen LogP contribution in [-0.4, -0.2) is 43.5 Å². The molecular formula is C18H19ClN4O2S. The molecule has 2 aromatic heterocycles. The number of benzene rings is 1. The third-order valence-corrected chi connectivity index (χ3v) is 6.15. The van der Waals surface area contributed by atoms with Crippen LogP contribution in [0.5, 0.6) is 5.88 Å². The summed E-state index contributed by atoms with van der Waals surface area (Å²) >= 11 is 7.90. The Morgan fingerprint density at radius 3 is 2.69 bits per heavy atom. The van der Waals surface area contributed by atoms with Crippen molar-refractivity contribution in [2.75, 3.05) is 13.1 Å². The first-order chi connectivity index (χ1) is 12.6. The number of carbonyl (C=O) groups is 1. The highest BCUT2D eigenvalue weighted by molar-refractivity contribution is 7.17. The van der Waals surface area contributed by atoms with Gasteiger partial charge in [-0.1, -0.05) is 48.1 Å². The van der Waals surface area contributed by atoms with Crippen molar-refractivity contribution >= 4 is 33.7 Å². The molecule has 3 heterocycles. The van der Waals surface area contributed by atoms with Crippen LogP contribution in [0.2, 0.25) is 5.02 Å². The van der Waals surface area contributed by atoms with E-state index in [4.69, 9.17) is 11.6 Å². The molecule has 0 spiro atoms. The fourth-order valence-corrected chi connectivity index (χ4v) is 4.72. The molecule has 1 saturated heterocycles. The Bertz CT molecular complexity index is 957. The number of aromatic nitrogens is 3. The maximum absolute atomic E-state index is 11.7. The first-order valence-electron chi connectivity index (χ1n) is 8.66. The smallest absolute Gasteiger partial charge is 0.230 e. The van der Waals surface area contributed by atoms with Crippen LogP contribution >= 0.6 is 22.9 Å². The van der Waals surface area contributed by atoms with E-state index < -0.39 is 0 Å². The first kappa shape index (κ1) is 17.5. The lowest BCUT2D eigenvalue weighted by atomic mass is 10.00. The molecule has 0 amide bonds. The SMILES string of the molecule is CCc1nc2sc(C(c3ccccc3Cl)N3CCC(=O)CC3)c(O)n2n1. The molecule has 4 rings (SSSR count). The summed E-state index contributed by atoms with van der Waals surface area (Å²) in [5.74, 6) is 1.08. The van der Waals surface area contributed by atoms with Crippen molar-refractivity contribution in [3.8, 4) is 5.88 Å². The lowest BCUT2D eigenvalue weighted by molar-refractivity contribution is -0.121. The van der Waals surface area contributed by atoms with Crippen LogP contribution in [0.4, 0.5) is 0 Å². The zero-order chi connectivity index (χ0) is 18.3. The Morgan fingerprint density at radius 2 is 2.04 bits per heavy atom. The van der Waals surface area contributed by atoms with Gasteiger partial charge in [0.1, 0.15) is 5.78 Å². The van der Waals surface area contributed by atoms with Crippen LogP contribution in [0.3, 0.4) is 0 Å². The molecule has 0 aliphatic carbocycles. The lowest BCUT2D eigenvalue weighted by Gasteiger charge is -2.34. The van der Waals surface area contributed by atoms with Gasteiger partial charge in [-0.3, -0.25) is 9.69 Å². The Balaban J connectivity index is 1.82. The van der Waals surface area contributed by atoms with Crippen LogP contribution in [0.15, 0.2) is 24.3 Å². The van der Waals surface area contributed by atoms with Crippen LogP contribution in [0.25, 0.3) is 4.96 Å². The van der Waals surface area contributed by atoms with E-state index in [1.165, 1.54) is 15.9 Å². The van der Waals surface area contributed by atoms with Gasteiger partial charge in [0.25, 0.3) is 0 Å². The minimum Gasteiger partial charge on any atom is -0.492 e. The topological polar surface area (TPSA) is 70.7 Å². The van der Waals surface area contributed by atoms with E-state index in [9.17, 15) is 9.90 Å². The molecule has 1 aliphatic rings. The Hall–Kier alpha value is -1.96. The van der Waals surface area contributed by atoms with Crippen molar-refractivity contribution in [3.63, 3.8) is 0 Å². The number of piperidine rings is 1. The van der Waals surface area contributed by atoms with Gasteiger partial charge in [-0.2, -0.15) is 4.52 Å². The quantitative estimate of drug-likeness (QED) is 0.738. The first-order valence-corrected chi connectivity index (χ1v) is 9.85. The molecule has 1 atom stereocenters. The van der Waals surface area contributed by atoms with Gasteiger partial charge in [-0.15, -0.1) is 5.10 Å².